The van der Waals surface area contributed by atoms with Crippen molar-refractivity contribution in [3.8, 4) is 0 Å². The SMILES string of the molecule is CNc1nc(C2Cc3ccccc32)nc(C(C)C)c1I. The van der Waals surface area contributed by atoms with Crippen LogP contribution in [0.2, 0.25) is 0 Å². The maximum Gasteiger partial charge on any atom is 0.143 e. The first-order valence-electron chi connectivity index (χ1n) is 6.94. The maximum absolute atomic E-state index is 4.84. The third kappa shape index (κ3) is 2.20. The number of nitrogens with zero attached hydrogens (tertiary/aromatic N) is 2. The van der Waals surface area contributed by atoms with Crippen LogP contribution in [0.1, 0.15) is 48.3 Å². The highest BCUT2D eigenvalue weighted by molar-refractivity contribution is 14.1. The summed E-state index contributed by atoms with van der Waals surface area (Å²) in [4.78, 5) is 9.57. The second-order valence-electron chi connectivity index (χ2n) is 5.49. The molecule has 1 aromatic carbocycles. The van der Waals surface area contributed by atoms with E-state index in [9.17, 15) is 0 Å². The Morgan fingerprint density at radius 1 is 1.25 bits per heavy atom. The molecule has 20 heavy (non-hydrogen) atoms. The van der Waals surface area contributed by atoms with E-state index in [0.29, 0.717) is 11.8 Å². The van der Waals surface area contributed by atoms with E-state index in [1.807, 2.05) is 7.05 Å². The fourth-order valence-corrected chi connectivity index (χ4v) is 3.81. The molecule has 0 aliphatic heterocycles. The molecular weight excluding hydrogens is 361 g/mol. The lowest BCUT2D eigenvalue weighted by atomic mass is 9.77. The zero-order chi connectivity index (χ0) is 14.3. The van der Waals surface area contributed by atoms with Crippen molar-refractivity contribution in [3.05, 3.63) is 50.5 Å². The van der Waals surface area contributed by atoms with Gasteiger partial charge in [-0.2, -0.15) is 0 Å². The molecule has 1 aliphatic rings. The second-order valence-corrected chi connectivity index (χ2v) is 6.57. The van der Waals surface area contributed by atoms with Crippen molar-refractivity contribution in [1.82, 2.24) is 9.97 Å². The number of benzene rings is 1. The average molecular weight is 379 g/mol. The minimum atomic E-state index is 0.354. The van der Waals surface area contributed by atoms with Crippen LogP contribution in [-0.4, -0.2) is 17.0 Å². The Bertz CT molecular complexity index is 652. The first-order valence-corrected chi connectivity index (χ1v) is 8.02. The van der Waals surface area contributed by atoms with Gasteiger partial charge < -0.3 is 5.32 Å². The number of hydrogen-bond acceptors (Lipinski definition) is 3. The molecule has 0 radical (unpaired) electrons. The number of hydrogen-bond donors (Lipinski definition) is 1. The molecular formula is C16H18IN3. The van der Waals surface area contributed by atoms with Crippen LogP contribution in [0.25, 0.3) is 0 Å². The molecule has 3 rings (SSSR count). The minimum absolute atomic E-state index is 0.354. The van der Waals surface area contributed by atoms with Crippen molar-refractivity contribution in [2.24, 2.45) is 0 Å². The first-order chi connectivity index (χ1) is 9.61. The molecule has 0 fully saturated rings. The van der Waals surface area contributed by atoms with Crippen LogP contribution in [-0.2, 0) is 6.42 Å². The van der Waals surface area contributed by atoms with E-state index in [1.54, 1.807) is 0 Å². The standard InChI is InChI=1S/C16H18IN3/c1-9(2)14-13(17)16(18-3)20-15(19-14)12-8-10-6-4-5-7-11(10)12/h4-7,9,12H,8H2,1-3H3,(H,18,19,20). The number of anilines is 1. The van der Waals surface area contributed by atoms with Crippen molar-refractivity contribution in [2.75, 3.05) is 12.4 Å². The summed E-state index contributed by atoms with van der Waals surface area (Å²) in [6.45, 7) is 4.37. The van der Waals surface area contributed by atoms with Crippen LogP contribution in [0.5, 0.6) is 0 Å². The van der Waals surface area contributed by atoms with Crippen LogP contribution in [0.3, 0.4) is 0 Å². The van der Waals surface area contributed by atoms with E-state index in [0.717, 1.165) is 27.3 Å². The summed E-state index contributed by atoms with van der Waals surface area (Å²) < 4.78 is 1.14. The number of fused-ring (bicyclic) bond motifs is 1. The lowest BCUT2D eigenvalue weighted by Crippen LogP contribution is -2.22. The predicted molar refractivity (Wildman–Crippen MR) is 90.4 cm³/mol. The van der Waals surface area contributed by atoms with Crippen LogP contribution in [0.15, 0.2) is 24.3 Å². The molecule has 1 atom stereocenters. The quantitative estimate of drug-likeness (QED) is 0.822. The Kier molecular flexibility index (Phi) is 3.67. The Labute approximate surface area is 133 Å². The molecule has 1 unspecified atom stereocenters. The zero-order valence-corrected chi connectivity index (χ0v) is 14.1. The molecule has 1 aliphatic carbocycles. The third-order valence-corrected chi connectivity index (χ3v) is 4.91. The van der Waals surface area contributed by atoms with Crippen molar-refractivity contribution >= 4 is 28.4 Å². The maximum atomic E-state index is 4.84. The Hall–Kier alpha value is -1.17. The second kappa shape index (κ2) is 5.31. The molecule has 0 amide bonds. The fraction of sp³-hybridized carbons (Fsp3) is 0.375. The number of aromatic nitrogens is 2. The van der Waals surface area contributed by atoms with Crippen LogP contribution in [0, 0.1) is 3.57 Å². The van der Waals surface area contributed by atoms with E-state index in [2.05, 4.69) is 66.0 Å². The van der Waals surface area contributed by atoms with E-state index in [4.69, 9.17) is 9.97 Å². The van der Waals surface area contributed by atoms with Gasteiger partial charge in [0.1, 0.15) is 11.6 Å². The summed E-state index contributed by atoms with van der Waals surface area (Å²) in [7, 11) is 1.92. The van der Waals surface area contributed by atoms with E-state index in [1.165, 1.54) is 11.1 Å². The highest BCUT2D eigenvalue weighted by atomic mass is 127. The van der Waals surface area contributed by atoms with Crippen LogP contribution < -0.4 is 5.32 Å². The molecule has 104 valence electrons. The normalized spacial score (nSPS) is 16.8. The van der Waals surface area contributed by atoms with Gasteiger partial charge in [0.15, 0.2) is 0 Å². The van der Waals surface area contributed by atoms with E-state index < -0.39 is 0 Å². The highest BCUT2D eigenvalue weighted by Gasteiger charge is 2.30. The summed E-state index contributed by atoms with van der Waals surface area (Å²) in [5.74, 6) is 2.67. The Morgan fingerprint density at radius 2 is 2.00 bits per heavy atom. The van der Waals surface area contributed by atoms with Crippen LogP contribution >= 0.6 is 22.6 Å². The monoisotopic (exact) mass is 379 g/mol. The Morgan fingerprint density at radius 3 is 2.65 bits per heavy atom. The van der Waals surface area contributed by atoms with Gasteiger partial charge in [0.05, 0.1) is 9.26 Å². The number of halogens is 1. The zero-order valence-electron chi connectivity index (χ0n) is 11.9. The van der Waals surface area contributed by atoms with Crippen molar-refractivity contribution in [1.29, 1.82) is 0 Å². The van der Waals surface area contributed by atoms with Crippen molar-refractivity contribution in [2.45, 2.75) is 32.1 Å². The van der Waals surface area contributed by atoms with Gasteiger partial charge in [-0.25, -0.2) is 9.97 Å². The molecule has 1 N–H and O–H groups in total. The molecule has 2 aromatic rings. The topological polar surface area (TPSA) is 37.8 Å². The van der Waals surface area contributed by atoms with Gasteiger partial charge in [0, 0.05) is 13.0 Å². The highest BCUT2D eigenvalue weighted by Crippen LogP contribution is 2.39. The third-order valence-electron chi connectivity index (χ3n) is 3.84. The van der Waals surface area contributed by atoms with Gasteiger partial charge in [-0.3, -0.25) is 0 Å². The van der Waals surface area contributed by atoms with Gasteiger partial charge >= 0.3 is 0 Å². The summed E-state index contributed by atoms with van der Waals surface area (Å²) in [5, 5.41) is 3.20. The fourth-order valence-electron chi connectivity index (χ4n) is 2.68. The molecule has 0 bridgehead atoms. The molecule has 0 saturated heterocycles. The molecule has 0 saturated carbocycles. The van der Waals surface area contributed by atoms with Gasteiger partial charge in [-0.15, -0.1) is 0 Å². The molecule has 1 aromatic heterocycles. The Balaban J connectivity index is 2.06. The molecule has 3 nitrogen and oxygen atoms in total. The van der Waals surface area contributed by atoms with Crippen LogP contribution in [0.4, 0.5) is 5.82 Å². The lowest BCUT2D eigenvalue weighted by Gasteiger charge is -2.29. The molecule has 0 spiro atoms. The van der Waals surface area contributed by atoms with Crippen molar-refractivity contribution in [3.63, 3.8) is 0 Å². The predicted octanol–water partition coefficient (Wildman–Crippen LogP) is 3.93. The molecule has 4 heteroatoms. The minimum Gasteiger partial charge on any atom is -0.372 e. The summed E-state index contributed by atoms with van der Waals surface area (Å²) in [6, 6.07) is 8.59. The molecule has 1 heterocycles. The van der Waals surface area contributed by atoms with Gasteiger partial charge in [-0.1, -0.05) is 38.1 Å². The lowest BCUT2D eigenvalue weighted by molar-refractivity contribution is 0.645. The summed E-state index contributed by atoms with van der Waals surface area (Å²) in [6.07, 6.45) is 1.05. The van der Waals surface area contributed by atoms with Crippen molar-refractivity contribution < 1.29 is 0 Å². The largest absolute Gasteiger partial charge is 0.372 e. The summed E-state index contributed by atoms with van der Waals surface area (Å²) in [5.41, 5.74) is 3.95. The summed E-state index contributed by atoms with van der Waals surface area (Å²) >= 11 is 2.34. The van der Waals surface area contributed by atoms with Gasteiger partial charge in [0.25, 0.3) is 0 Å². The number of rotatable bonds is 3. The number of nitrogens with one attached hydrogen (secondary N) is 1. The van der Waals surface area contributed by atoms with E-state index >= 15 is 0 Å². The first kappa shape index (κ1) is 13.8. The van der Waals surface area contributed by atoms with Gasteiger partial charge in [-0.05, 0) is 46.1 Å². The average Bonchev–Trinajstić information content (AvgIpc) is 2.41. The van der Waals surface area contributed by atoms with Gasteiger partial charge in [0.2, 0.25) is 0 Å². The van der Waals surface area contributed by atoms with E-state index in [-0.39, 0.29) is 0 Å². The smallest absolute Gasteiger partial charge is 0.143 e.